The average molecular weight is 362 g/mol. The van der Waals surface area contributed by atoms with Crippen molar-refractivity contribution in [3.05, 3.63) is 11.6 Å². The predicted molar refractivity (Wildman–Crippen MR) is 103 cm³/mol. The molecule has 0 radical (unpaired) electrons. The zero-order valence-corrected chi connectivity index (χ0v) is 16.6. The van der Waals surface area contributed by atoms with E-state index >= 15 is 0 Å². The second-order valence-electron chi connectivity index (χ2n) is 8.01. The zero-order chi connectivity index (χ0) is 18.4. The average Bonchev–Trinajstić information content (AvgIpc) is 3.03. The van der Waals surface area contributed by atoms with E-state index in [9.17, 15) is 4.79 Å². The Morgan fingerprint density at radius 2 is 1.88 bits per heavy atom. The minimum absolute atomic E-state index is 0.318. The molecular formula is C20H35N5O. The highest BCUT2D eigenvalue weighted by Gasteiger charge is 2.28. The summed E-state index contributed by atoms with van der Waals surface area (Å²) in [5, 5.41) is 9.01. The van der Waals surface area contributed by atoms with Crippen LogP contribution in [-0.2, 0) is 18.4 Å². The molecule has 2 fully saturated rings. The Hall–Kier alpha value is -1.43. The van der Waals surface area contributed by atoms with Gasteiger partial charge < -0.3 is 9.47 Å². The second-order valence-corrected chi connectivity index (χ2v) is 8.01. The zero-order valence-electron chi connectivity index (χ0n) is 16.6. The molecule has 0 N–H and O–H groups in total. The van der Waals surface area contributed by atoms with E-state index in [0.717, 1.165) is 63.4 Å². The number of unbranched alkanes of at least 4 members (excludes halogenated alkanes) is 2. The first-order valence-electron chi connectivity index (χ1n) is 10.6. The molecule has 2 aliphatic rings. The Morgan fingerprint density at radius 1 is 1.08 bits per heavy atom. The van der Waals surface area contributed by atoms with Crippen LogP contribution in [0.2, 0.25) is 0 Å². The van der Waals surface area contributed by atoms with Gasteiger partial charge in [0, 0.05) is 32.5 Å². The molecule has 26 heavy (non-hydrogen) atoms. The van der Waals surface area contributed by atoms with Crippen LogP contribution in [0.1, 0.15) is 82.3 Å². The number of hydrogen-bond donors (Lipinski definition) is 0. The summed E-state index contributed by atoms with van der Waals surface area (Å²) in [6, 6.07) is 0. The highest BCUT2D eigenvalue weighted by Crippen LogP contribution is 2.26. The van der Waals surface area contributed by atoms with Crippen LogP contribution in [0, 0.1) is 0 Å². The summed E-state index contributed by atoms with van der Waals surface area (Å²) in [5.41, 5.74) is 0. The third-order valence-corrected chi connectivity index (χ3v) is 5.95. The number of piperidine rings is 2. The first kappa shape index (κ1) is 19.3. The maximum absolute atomic E-state index is 12.5. The van der Waals surface area contributed by atoms with E-state index in [4.69, 9.17) is 0 Å². The van der Waals surface area contributed by atoms with Gasteiger partial charge in [0.15, 0.2) is 0 Å². The number of hydrogen-bond acceptors (Lipinski definition) is 4. The second kappa shape index (κ2) is 9.49. The molecule has 0 saturated carbocycles. The van der Waals surface area contributed by atoms with Crippen molar-refractivity contribution in [2.45, 2.75) is 77.2 Å². The number of aromatic nitrogens is 3. The highest BCUT2D eigenvalue weighted by atomic mass is 16.2. The Balaban J connectivity index is 1.58. The summed E-state index contributed by atoms with van der Waals surface area (Å²) in [7, 11) is 2.09. The van der Waals surface area contributed by atoms with Gasteiger partial charge in [0.2, 0.25) is 5.91 Å². The highest BCUT2D eigenvalue weighted by molar-refractivity contribution is 5.76. The minimum atomic E-state index is 0.318. The Labute approximate surface area is 157 Å². The molecule has 6 nitrogen and oxygen atoms in total. The smallest absolute Gasteiger partial charge is 0.222 e. The van der Waals surface area contributed by atoms with Crippen LogP contribution in [0.4, 0.5) is 0 Å². The fourth-order valence-corrected chi connectivity index (χ4v) is 4.28. The number of carbonyl (C=O) groups is 1. The molecule has 1 aromatic rings. The quantitative estimate of drug-likeness (QED) is 0.700. The molecule has 1 atom stereocenters. The fraction of sp³-hybridized carbons (Fsp3) is 0.850. The Kier molecular flexibility index (Phi) is 7.06. The molecular weight excluding hydrogens is 326 g/mol. The largest absolute Gasteiger partial charge is 0.342 e. The van der Waals surface area contributed by atoms with Gasteiger partial charge in [-0.1, -0.05) is 26.2 Å². The topological polar surface area (TPSA) is 54.3 Å². The van der Waals surface area contributed by atoms with Crippen molar-refractivity contribution in [3.63, 3.8) is 0 Å². The fourth-order valence-electron chi connectivity index (χ4n) is 4.28. The number of carbonyl (C=O) groups excluding carboxylic acids is 1. The lowest BCUT2D eigenvalue weighted by atomic mass is 9.96. The van der Waals surface area contributed by atoms with Crippen LogP contribution in [0.15, 0.2) is 0 Å². The summed E-state index contributed by atoms with van der Waals surface area (Å²) in [4.78, 5) is 17.0. The van der Waals surface area contributed by atoms with Gasteiger partial charge in [-0.2, -0.15) is 0 Å². The molecule has 1 amide bonds. The predicted octanol–water partition coefficient (Wildman–Crippen LogP) is 3.09. The normalized spacial score (nSPS) is 21.9. The van der Waals surface area contributed by atoms with E-state index in [1.54, 1.807) is 0 Å². The van der Waals surface area contributed by atoms with E-state index in [0.29, 0.717) is 18.2 Å². The number of amides is 1. The molecule has 3 heterocycles. The van der Waals surface area contributed by atoms with Gasteiger partial charge in [-0.05, 0) is 45.2 Å². The van der Waals surface area contributed by atoms with E-state index in [2.05, 4.69) is 38.5 Å². The third-order valence-electron chi connectivity index (χ3n) is 5.95. The van der Waals surface area contributed by atoms with E-state index < -0.39 is 0 Å². The first-order valence-corrected chi connectivity index (χ1v) is 10.6. The van der Waals surface area contributed by atoms with Crippen molar-refractivity contribution < 1.29 is 4.79 Å². The molecule has 0 bridgehead atoms. The Bertz CT molecular complexity index is 579. The molecule has 1 unspecified atom stereocenters. The lowest BCUT2D eigenvalue weighted by molar-refractivity contribution is -0.132. The summed E-state index contributed by atoms with van der Waals surface area (Å²) in [5.74, 6) is 2.77. The molecule has 0 spiro atoms. The van der Waals surface area contributed by atoms with E-state index in [1.807, 2.05) is 0 Å². The molecule has 2 aliphatic heterocycles. The van der Waals surface area contributed by atoms with Crippen molar-refractivity contribution in [1.29, 1.82) is 0 Å². The number of rotatable bonds is 7. The van der Waals surface area contributed by atoms with Gasteiger partial charge in [0.25, 0.3) is 0 Å². The summed E-state index contributed by atoms with van der Waals surface area (Å²) in [6.45, 7) is 7.13. The molecule has 6 heteroatoms. The minimum Gasteiger partial charge on any atom is -0.342 e. The van der Waals surface area contributed by atoms with Crippen LogP contribution in [-0.4, -0.2) is 56.7 Å². The van der Waals surface area contributed by atoms with Crippen molar-refractivity contribution >= 4 is 5.91 Å². The first-order chi connectivity index (χ1) is 12.7. The van der Waals surface area contributed by atoms with Gasteiger partial charge in [-0.15, -0.1) is 10.2 Å². The van der Waals surface area contributed by atoms with Gasteiger partial charge >= 0.3 is 0 Å². The number of nitrogens with zero attached hydrogens (tertiary/aromatic N) is 5. The van der Waals surface area contributed by atoms with Crippen LogP contribution in [0.25, 0.3) is 0 Å². The molecule has 0 aliphatic carbocycles. The van der Waals surface area contributed by atoms with Crippen molar-refractivity contribution in [2.24, 2.45) is 7.05 Å². The van der Waals surface area contributed by atoms with E-state index in [-0.39, 0.29) is 0 Å². The molecule has 3 rings (SSSR count). The SMILES string of the molecule is CCCCCC(=O)N1CCCC(c2nnc(CN3CCCCC3)n2C)C1. The van der Waals surface area contributed by atoms with Gasteiger partial charge in [-0.25, -0.2) is 0 Å². The van der Waals surface area contributed by atoms with Crippen molar-refractivity contribution in [2.75, 3.05) is 26.2 Å². The lowest BCUT2D eigenvalue weighted by Crippen LogP contribution is -2.39. The van der Waals surface area contributed by atoms with Crippen molar-refractivity contribution in [3.8, 4) is 0 Å². The van der Waals surface area contributed by atoms with Crippen LogP contribution >= 0.6 is 0 Å². The summed E-state index contributed by atoms with van der Waals surface area (Å²) >= 11 is 0. The van der Waals surface area contributed by atoms with Crippen molar-refractivity contribution in [1.82, 2.24) is 24.6 Å². The van der Waals surface area contributed by atoms with Gasteiger partial charge in [-0.3, -0.25) is 9.69 Å². The lowest BCUT2D eigenvalue weighted by Gasteiger charge is -2.32. The van der Waals surface area contributed by atoms with Gasteiger partial charge in [0.05, 0.1) is 6.54 Å². The maximum atomic E-state index is 12.5. The maximum Gasteiger partial charge on any atom is 0.222 e. The summed E-state index contributed by atoms with van der Waals surface area (Å²) in [6.07, 6.45) is 10.1. The monoisotopic (exact) mass is 361 g/mol. The Morgan fingerprint density at radius 3 is 2.65 bits per heavy atom. The molecule has 0 aromatic carbocycles. The number of likely N-dealkylation sites (tertiary alicyclic amines) is 2. The third kappa shape index (κ3) is 4.84. The van der Waals surface area contributed by atoms with Gasteiger partial charge in [0.1, 0.15) is 11.6 Å². The molecule has 2 saturated heterocycles. The van der Waals surface area contributed by atoms with Crippen LogP contribution in [0.5, 0.6) is 0 Å². The molecule has 146 valence electrons. The van der Waals surface area contributed by atoms with Crippen LogP contribution in [0.3, 0.4) is 0 Å². The molecule has 1 aromatic heterocycles. The standard InChI is InChI=1S/C20H35N5O/c1-3-4-6-11-19(26)25-14-9-10-17(15-25)20-22-21-18(23(20)2)16-24-12-7-5-8-13-24/h17H,3-16H2,1-2H3. The van der Waals surface area contributed by atoms with Crippen LogP contribution < -0.4 is 0 Å². The summed E-state index contributed by atoms with van der Waals surface area (Å²) < 4.78 is 2.18. The van der Waals surface area contributed by atoms with E-state index in [1.165, 1.54) is 32.4 Å².